The second-order valence-corrected chi connectivity index (χ2v) is 4.09. The largest absolute Gasteiger partial charge is 0.494 e. The maximum Gasteiger partial charge on any atom is 0.292 e. The van der Waals surface area contributed by atoms with Crippen LogP contribution < -0.4 is 10.5 Å². The Morgan fingerprint density at radius 3 is 2.72 bits per heavy atom. The minimum atomic E-state index is 0.216. The van der Waals surface area contributed by atoms with Gasteiger partial charge in [-0.05, 0) is 37.6 Å². The van der Waals surface area contributed by atoms with Gasteiger partial charge >= 0.3 is 0 Å². The van der Waals surface area contributed by atoms with Crippen molar-refractivity contribution in [2.75, 3.05) is 12.3 Å². The molecule has 4 heteroatoms. The summed E-state index contributed by atoms with van der Waals surface area (Å²) >= 11 is 0. The molecule has 1 heterocycles. The van der Waals surface area contributed by atoms with Crippen LogP contribution >= 0.6 is 0 Å². The molecule has 0 aliphatic carbocycles. The Bertz CT molecular complexity index is 547. The Morgan fingerprint density at radius 2 is 2.11 bits per heavy atom. The number of nitrogen functional groups attached to an aromatic ring is 1. The first-order valence-corrected chi connectivity index (χ1v) is 6.14. The maximum atomic E-state index is 5.61. The van der Waals surface area contributed by atoms with E-state index in [4.69, 9.17) is 14.9 Å². The Morgan fingerprint density at radius 1 is 1.33 bits per heavy atom. The molecule has 2 N–H and O–H groups in total. The fourth-order valence-electron chi connectivity index (χ4n) is 1.95. The van der Waals surface area contributed by atoms with Gasteiger partial charge in [-0.1, -0.05) is 6.92 Å². The fraction of sp³-hybridized carbons (Fsp3) is 0.357. The van der Waals surface area contributed by atoms with Crippen molar-refractivity contribution in [2.24, 2.45) is 0 Å². The van der Waals surface area contributed by atoms with Gasteiger partial charge in [-0.3, -0.25) is 0 Å². The van der Waals surface area contributed by atoms with Gasteiger partial charge in [-0.15, -0.1) is 0 Å². The summed E-state index contributed by atoms with van der Waals surface area (Å²) in [4.78, 5) is 4.24. The summed E-state index contributed by atoms with van der Waals surface area (Å²) in [7, 11) is 0. The third kappa shape index (κ3) is 2.32. The lowest BCUT2D eigenvalue weighted by molar-refractivity contribution is 0.338. The quantitative estimate of drug-likeness (QED) is 0.899. The smallest absolute Gasteiger partial charge is 0.292 e. The van der Waals surface area contributed by atoms with Crippen molar-refractivity contribution in [3.05, 3.63) is 29.5 Å². The molecule has 4 nitrogen and oxygen atoms in total. The maximum absolute atomic E-state index is 5.61. The molecular formula is C14H18N2O2. The lowest BCUT2D eigenvalue weighted by Gasteiger charge is -2.08. The fourth-order valence-corrected chi connectivity index (χ4v) is 1.95. The highest BCUT2D eigenvalue weighted by molar-refractivity contribution is 5.65. The molecule has 0 saturated carbocycles. The van der Waals surface area contributed by atoms with Crippen LogP contribution in [0.1, 0.15) is 25.2 Å². The van der Waals surface area contributed by atoms with Crippen LogP contribution in [0.2, 0.25) is 0 Å². The van der Waals surface area contributed by atoms with Crippen LogP contribution in [0.25, 0.3) is 11.3 Å². The van der Waals surface area contributed by atoms with Crippen LogP contribution in [-0.2, 0) is 6.42 Å². The number of rotatable bonds is 4. The number of aryl methyl sites for hydroxylation is 2. The topological polar surface area (TPSA) is 61.3 Å². The number of ether oxygens (including phenoxy) is 1. The van der Waals surface area contributed by atoms with E-state index in [9.17, 15) is 0 Å². The molecule has 1 aromatic heterocycles. The molecule has 18 heavy (non-hydrogen) atoms. The zero-order valence-electron chi connectivity index (χ0n) is 11.0. The average Bonchev–Trinajstić information content (AvgIpc) is 2.73. The van der Waals surface area contributed by atoms with E-state index in [0.29, 0.717) is 6.61 Å². The van der Waals surface area contributed by atoms with Gasteiger partial charge < -0.3 is 14.9 Å². The van der Waals surface area contributed by atoms with E-state index >= 15 is 0 Å². The standard InChI is InChI=1S/C14H18N2O2/c1-4-11-13(16-14(15)18-11)10-6-7-12(17-5-2)9(3)8-10/h6-8H,4-5H2,1-3H3,(H2,15,16). The molecule has 0 bridgehead atoms. The van der Waals surface area contributed by atoms with Crippen LogP contribution in [0, 0.1) is 6.92 Å². The minimum absolute atomic E-state index is 0.216. The molecule has 2 rings (SSSR count). The van der Waals surface area contributed by atoms with E-state index < -0.39 is 0 Å². The summed E-state index contributed by atoms with van der Waals surface area (Å²) in [5.41, 5.74) is 8.52. The molecule has 0 aliphatic rings. The molecule has 1 aromatic carbocycles. The summed E-state index contributed by atoms with van der Waals surface area (Å²) in [6.45, 7) is 6.67. The van der Waals surface area contributed by atoms with E-state index in [1.54, 1.807) is 0 Å². The second kappa shape index (κ2) is 5.12. The molecule has 0 aliphatic heterocycles. The van der Waals surface area contributed by atoms with Crippen molar-refractivity contribution in [2.45, 2.75) is 27.2 Å². The average molecular weight is 246 g/mol. The van der Waals surface area contributed by atoms with E-state index in [0.717, 1.165) is 34.8 Å². The van der Waals surface area contributed by atoms with Crippen LogP contribution in [-0.4, -0.2) is 11.6 Å². The van der Waals surface area contributed by atoms with Gasteiger partial charge in [0.1, 0.15) is 17.2 Å². The van der Waals surface area contributed by atoms with Crippen molar-refractivity contribution in [3.8, 4) is 17.0 Å². The van der Waals surface area contributed by atoms with E-state index in [-0.39, 0.29) is 6.01 Å². The second-order valence-electron chi connectivity index (χ2n) is 4.09. The third-order valence-electron chi connectivity index (χ3n) is 2.78. The van der Waals surface area contributed by atoms with Gasteiger partial charge in [-0.25, -0.2) is 0 Å². The molecule has 0 radical (unpaired) electrons. The first-order chi connectivity index (χ1) is 8.65. The predicted molar refractivity (Wildman–Crippen MR) is 71.6 cm³/mol. The van der Waals surface area contributed by atoms with Gasteiger partial charge in [0.25, 0.3) is 6.01 Å². The highest BCUT2D eigenvalue weighted by Gasteiger charge is 2.13. The zero-order chi connectivity index (χ0) is 13.1. The summed E-state index contributed by atoms with van der Waals surface area (Å²) in [6.07, 6.45) is 0.770. The number of nitrogens with two attached hydrogens (primary N) is 1. The molecule has 0 fully saturated rings. The summed E-state index contributed by atoms with van der Waals surface area (Å²) < 4.78 is 10.9. The normalized spacial score (nSPS) is 10.6. The summed E-state index contributed by atoms with van der Waals surface area (Å²) in [6, 6.07) is 6.20. The van der Waals surface area contributed by atoms with E-state index in [1.807, 2.05) is 39.0 Å². The Labute approximate surface area is 107 Å². The number of aromatic nitrogens is 1. The van der Waals surface area contributed by atoms with Crippen molar-refractivity contribution in [1.82, 2.24) is 4.98 Å². The molecule has 0 spiro atoms. The van der Waals surface area contributed by atoms with Gasteiger partial charge in [0.15, 0.2) is 0 Å². The first kappa shape index (κ1) is 12.5. The van der Waals surface area contributed by atoms with E-state index in [2.05, 4.69) is 4.98 Å². The van der Waals surface area contributed by atoms with Crippen LogP contribution in [0.15, 0.2) is 22.6 Å². The molecule has 0 amide bonds. The van der Waals surface area contributed by atoms with Crippen molar-refractivity contribution in [3.63, 3.8) is 0 Å². The molecule has 96 valence electrons. The number of oxazole rings is 1. The van der Waals surface area contributed by atoms with Gasteiger partial charge in [0, 0.05) is 12.0 Å². The van der Waals surface area contributed by atoms with Crippen molar-refractivity contribution in [1.29, 1.82) is 0 Å². The minimum Gasteiger partial charge on any atom is -0.494 e. The summed E-state index contributed by atoms with van der Waals surface area (Å²) in [5.74, 6) is 1.71. The van der Waals surface area contributed by atoms with Crippen LogP contribution in [0.4, 0.5) is 6.01 Å². The van der Waals surface area contributed by atoms with Crippen molar-refractivity contribution < 1.29 is 9.15 Å². The SMILES string of the molecule is CCOc1ccc(-c2nc(N)oc2CC)cc1C. The molecule has 0 unspecified atom stereocenters. The molecule has 0 atom stereocenters. The Kier molecular flexibility index (Phi) is 3.55. The summed E-state index contributed by atoms with van der Waals surface area (Å²) in [5, 5.41) is 0. The molecule has 0 saturated heterocycles. The van der Waals surface area contributed by atoms with Crippen molar-refractivity contribution >= 4 is 6.01 Å². The van der Waals surface area contributed by atoms with E-state index in [1.165, 1.54) is 0 Å². The Hall–Kier alpha value is -1.97. The van der Waals surface area contributed by atoms with Crippen LogP contribution in [0.3, 0.4) is 0 Å². The number of nitrogens with zero attached hydrogens (tertiary/aromatic N) is 1. The zero-order valence-corrected chi connectivity index (χ0v) is 11.0. The lowest BCUT2D eigenvalue weighted by atomic mass is 10.1. The monoisotopic (exact) mass is 246 g/mol. The number of anilines is 1. The Balaban J connectivity index is 2.41. The molecule has 2 aromatic rings. The molecular weight excluding hydrogens is 228 g/mol. The van der Waals surface area contributed by atoms with Gasteiger partial charge in [0.05, 0.1) is 6.61 Å². The number of benzene rings is 1. The lowest BCUT2D eigenvalue weighted by Crippen LogP contribution is -1.94. The number of hydrogen-bond acceptors (Lipinski definition) is 4. The highest BCUT2D eigenvalue weighted by atomic mass is 16.5. The number of hydrogen-bond donors (Lipinski definition) is 1. The third-order valence-corrected chi connectivity index (χ3v) is 2.78. The predicted octanol–water partition coefficient (Wildman–Crippen LogP) is 3.19. The highest BCUT2D eigenvalue weighted by Crippen LogP contribution is 2.29. The van der Waals surface area contributed by atoms with Gasteiger partial charge in [0.2, 0.25) is 0 Å². The van der Waals surface area contributed by atoms with Gasteiger partial charge in [-0.2, -0.15) is 4.98 Å². The first-order valence-electron chi connectivity index (χ1n) is 6.14. The van der Waals surface area contributed by atoms with Crippen LogP contribution in [0.5, 0.6) is 5.75 Å².